The molecule has 0 aliphatic heterocycles. The fraction of sp³-hybridized carbons (Fsp3) is 0.0714. The van der Waals surface area contributed by atoms with Gasteiger partial charge in [-0.1, -0.05) is 42.0 Å². The van der Waals surface area contributed by atoms with Gasteiger partial charge in [0.05, 0.1) is 0 Å². The molecule has 1 amide bonds. The smallest absolute Gasteiger partial charge is 0.314 e. The first kappa shape index (κ1) is 10.4. The first-order valence-electron chi connectivity index (χ1n) is 5.10. The maximum absolute atomic E-state index is 10.1. The van der Waals surface area contributed by atoms with Crippen LogP contribution in [0.4, 0.5) is 5.69 Å². The summed E-state index contributed by atoms with van der Waals surface area (Å²) < 4.78 is 0. The molecule has 0 aliphatic carbocycles. The Morgan fingerprint density at radius 3 is 1.88 bits per heavy atom. The van der Waals surface area contributed by atoms with Gasteiger partial charge in [-0.3, -0.25) is 4.79 Å². The van der Waals surface area contributed by atoms with Crippen molar-refractivity contribution in [3.05, 3.63) is 54.1 Å². The van der Waals surface area contributed by atoms with Gasteiger partial charge in [0.1, 0.15) is 0 Å². The van der Waals surface area contributed by atoms with Crippen LogP contribution in [0.3, 0.4) is 0 Å². The Hall–Kier alpha value is -2.09. The third-order valence-electron chi connectivity index (χ3n) is 2.47. The van der Waals surface area contributed by atoms with Crippen LogP contribution in [0, 0.1) is 6.92 Å². The lowest BCUT2D eigenvalue weighted by Crippen LogP contribution is -1.92. The van der Waals surface area contributed by atoms with Gasteiger partial charge in [-0.2, -0.15) is 0 Å². The Bertz CT molecular complexity index is 471. The number of benzene rings is 2. The summed E-state index contributed by atoms with van der Waals surface area (Å²) in [6.45, 7) is 2.07. The molecule has 0 unspecified atom stereocenters. The molecule has 1 radical (unpaired) electrons. The summed E-state index contributed by atoms with van der Waals surface area (Å²) in [7, 11) is 0. The van der Waals surface area contributed by atoms with Gasteiger partial charge in [-0.25, -0.2) is 0 Å². The Morgan fingerprint density at radius 1 is 0.875 bits per heavy atom. The number of carbonyl (C=O) groups excluding carboxylic acids is 1. The number of anilines is 1. The van der Waals surface area contributed by atoms with Crippen molar-refractivity contribution < 1.29 is 4.79 Å². The average Bonchev–Trinajstić information content (AvgIpc) is 2.32. The van der Waals surface area contributed by atoms with Crippen molar-refractivity contribution in [2.75, 3.05) is 5.32 Å². The van der Waals surface area contributed by atoms with Crippen LogP contribution < -0.4 is 5.32 Å². The van der Waals surface area contributed by atoms with Gasteiger partial charge in [0, 0.05) is 5.69 Å². The summed E-state index contributed by atoms with van der Waals surface area (Å²) in [4.78, 5) is 10.1. The van der Waals surface area contributed by atoms with Crippen LogP contribution >= 0.6 is 0 Å². The molecule has 0 aromatic heterocycles. The molecular formula is C14H12NO. The van der Waals surface area contributed by atoms with E-state index in [1.54, 1.807) is 6.41 Å². The van der Waals surface area contributed by atoms with Gasteiger partial charge in [0.2, 0.25) is 0 Å². The third kappa shape index (κ3) is 2.28. The van der Waals surface area contributed by atoms with E-state index < -0.39 is 0 Å². The quantitative estimate of drug-likeness (QED) is 0.775. The third-order valence-corrected chi connectivity index (χ3v) is 2.47. The van der Waals surface area contributed by atoms with Gasteiger partial charge in [-0.05, 0) is 30.2 Å². The molecule has 0 heterocycles. The normalized spacial score (nSPS) is 9.81. The average molecular weight is 210 g/mol. The molecule has 2 rings (SSSR count). The molecule has 2 aromatic carbocycles. The molecular weight excluding hydrogens is 198 g/mol. The molecule has 0 spiro atoms. The van der Waals surface area contributed by atoms with Crippen molar-refractivity contribution in [2.45, 2.75) is 6.92 Å². The first-order chi connectivity index (χ1) is 7.79. The highest BCUT2D eigenvalue weighted by Crippen LogP contribution is 2.21. The molecule has 79 valence electrons. The largest absolute Gasteiger partial charge is 0.318 e. The minimum absolute atomic E-state index is 0.755. The van der Waals surface area contributed by atoms with Crippen LogP contribution in [0.25, 0.3) is 11.1 Å². The zero-order valence-electron chi connectivity index (χ0n) is 9.03. The Kier molecular flexibility index (Phi) is 3.01. The van der Waals surface area contributed by atoms with E-state index in [2.05, 4.69) is 36.5 Å². The van der Waals surface area contributed by atoms with Crippen LogP contribution in [-0.4, -0.2) is 6.41 Å². The van der Waals surface area contributed by atoms with Crippen molar-refractivity contribution in [2.24, 2.45) is 0 Å². The summed E-state index contributed by atoms with van der Waals surface area (Å²) in [5.41, 5.74) is 4.31. The molecule has 0 saturated carbocycles. The van der Waals surface area contributed by atoms with E-state index in [9.17, 15) is 4.79 Å². The monoisotopic (exact) mass is 210 g/mol. The topological polar surface area (TPSA) is 29.1 Å². The van der Waals surface area contributed by atoms with E-state index in [4.69, 9.17) is 0 Å². The number of amides is 1. The van der Waals surface area contributed by atoms with Crippen LogP contribution in [0.1, 0.15) is 5.56 Å². The second kappa shape index (κ2) is 4.62. The van der Waals surface area contributed by atoms with E-state index in [1.807, 2.05) is 24.3 Å². The maximum Gasteiger partial charge on any atom is 0.314 e. The Balaban J connectivity index is 2.27. The summed E-state index contributed by atoms with van der Waals surface area (Å²) in [6.07, 6.45) is 1.65. The second-order valence-corrected chi connectivity index (χ2v) is 3.67. The summed E-state index contributed by atoms with van der Waals surface area (Å²) in [6, 6.07) is 16.0. The van der Waals surface area contributed by atoms with E-state index in [-0.39, 0.29) is 0 Å². The zero-order chi connectivity index (χ0) is 11.4. The molecule has 16 heavy (non-hydrogen) atoms. The van der Waals surface area contributed by atoms with Crippen molar-refractivity contribution in [3.8, 4) is 11.1 Å². The Labute approximate surface area is 94.9 Å². The van der Waals surface area contributed by atoms with E-state index in [0.717, 1.165) is 11.3 Å². The van der Waals surface area contributed by atoms with Crippen molar-refractivity contribution >= 4 is 12.1 Å². The molecule has 0 saturated heterocycles. The number of aryl methyl sites for hydroxylation is 1. The lowest BCUT2D eigenvalue weighted by molar-refractivity contribution is 0.561. The number of hydrogen-bond acceptors (Lipinski definition) is 1. The van der Waals surface area contributed by atoms with Crippen molar-refractivity contribution in [1.82, 2.24) is 0 Å². The van der Waals surface area contributed by atoms with Gasteiger partial charge < -0.3 is 5.32 Å². The summed E-state index contributed by atoms with van der Waals surface area (Å²) in [5.74, 6) is 0. The number of rotatable bonds is 3. The highest BCUT2D eigenvalue weighted by molar-refractivity contribution is 5.74. The highest BCUT2D eigenvalue weighted by Gasteiger charge is 1.97. The van der Waals surface area contributed by atoms with Gasteiger partial charge in [-0.15, -0.1) is 0 Å². The van der Waals surface area contributed by atoms with Gasteiger partial charge >= 0.3 is 6.41 Å². The summed E-state index contributed by atoms with van der Waals surface area (Å²) >= 11 is 0. The summed E-state index contributed by atoms with van der Waals surface area (Å²) in [5, 5.41) is 2.49. The van der Waals surface area contributed by atoms with Gasteiger partial charge in [0.25, 0.3) is 0 Å². The number of hydrogen-bond donors (Lipinski definition) is 1. The van der Waals surface area contributed by atoms with E-state index in [0.29, 0.717) is 0 Å². The molecule has 2 aromatic rings. The molecule has 0 fully saturated rings. The lowest BCUT2D eigenvalue weighted by Gasteiger charge is -2.03. The van der Waals surface area contributed by atoms with Crippen LogP contribution in [0.5, 0.6) is 0 Å². The molecule has 2 nitrogen and oxygen atoms in total. The maximum atomic E-state index is 10.1. The lowest BCUT2D eigenvalue weighted by atomic mass is 10.0. The minimum atomic E-state index is 0.755. The second-order valence-electron chi connectivity index (χ2n) is 3.67. The standard InChI is InChI=1S/C14H12NO/c1-11-2-4-12(5-3-11)13-6-8-14(9-7-13)15-10-16/h2-9H,1H3,(H,15,16). The van der Waals surface area contributed by atoms with E-state index in [1.165, 1.54) is 11.1 Å². The molecule has 0 bridgehead atoms. The molecule has 0 atom stereocenters. The Morgan fingerprint density at radius 2 is 1.38 bits per heavy atom. The zero-order valence-corrected chi connectivity index (χ0v) is 9.03. The molecule has 1 N–H and O–H groups in total. The fourth-order valence-electron chi connectivity index (χ4n) is 1.55. The minimum Gasteiger partial charge on any atom is -0.318 e. The van der Waals surface area contributed by atoms with Crippen LogP contribution in [0.15, 0.2) is 48.5 Å². The molecule has 0 aliphatic rings. The molecule has 2 heteroatoms. The van der Waals surface area contributed by atoms with Crippen molar-refractivity contribution in [3.63, 3.8) is 0 Å². The van der Waals surface area contributed by atoms with Crippen molar-refractivity contribution in [1.29, 1.82) is 0 Å². The van der Waals surface area contributed by atoms with E-state index >= 15 is 0 Å². The van der Waals surface area contributed by atoms with Crippen LogP contribution in [-0.2, 0) is 4.79 Å². The SMILES string of the molecule is Cc1ccc(-c2ccc(N[C]=O)cc2)cc1. The predicted molar refractivity (Wildman–Crippen MR) is 65.9 cm³/mol. The van der Waals surface area contributed by atoms with Gasteiger partial charge in [0.15, 0.2) is 0 Å². The highest BCUT2D eigenvalue weighted by atomic mass is 16.1. The number of nitrogens with one attached hydrogen (secondary N) is 1. The predicted octanol–water partition coefficient (Wildman–Crippen LogP) is 3.14. The fourth-order valence-corrected chi connectivity index (χ4v) is 1.55. The first-order valence-corrected chi connectivity index (χ1v) is 5.10. The van der Waals surface area contributed by atoms with Crippen LogP contribution in [0.2, 0.25) is 0 Å².